The summed E-state index contributed by atoms with van der Waals surface area (Å²) < 4.78 is 16.7. The van der Waals surface area contributed by atoms with Crippen LogP contribution in [0.5, 0.6) is 23.0 Å². The van der Waals surface area contributed by atoms with Crippen LogP contribution in [0.1, 0.15) is 22.3 Å². The van der Waals surface area contributed by atoms with Crippen LogP contribution in [0.25, 0.3) is 6.08 Å². The quantitative estimate of drug-likeness (QED) is 0.111. The highest BCUT2D eigenvalue weighted by atomic mass is 35.5. The lowest BCUT2D eigenvalue weighted by molar-refractivity contribution is -0.121. The van der Waals surface area contributed by atoms with Gasteiger partial charge in [0.2, 0.25) is 18.6 Å². The van der Waals surface area contributed by atoms with Crippen molar-refractivity contribution in [3.63, 3.8) is 0 Å². The third-order valence-corrected chi connectivity index (χ3v) is 9.29. The number of fused-ring (bicyclic) bond motifs is 1. The van der Waals surface area contributed by atoms with Gasteiger partial charge in [0.15, 0.2) is 11.5 Å². The Morgan fingerprint density at radius 2 is 1.55 bits per heavy atom. The molecular formula is C39H28ClN3O7S. The van der Waals surface area contributed by atoms with Crippen molar-refractivity contribution in [1.29, 1.82) is 0 Å². The van der Waals surface area contributed by atoms with Crippen molar-refractivity contribution in [2.75, 3.05) is 17.0 Å². The predicted molar refractivity (Wildman–Crippen MR) is 194 cm³/mol. The monoisotopic (exact) mass is 717 g/mol. The molecule has 1 atom stereocenters. The molecule has 0 radical (unpaired) electrons. The van der Waals surface area contributed by atoms with Crippen LogP contribution >= 0.6 is 23.4 Å². The van der Waals surface area contributed by atoms with E-state index in [2.05, 4.69) is 10.6 Å². The Morgan fingerprint density at radius 1 is 0.824 bits per heavy atom. The molecular weight excluding hydrogens is 690 g/mol. The molecule has 0 bridgehead atoms. The van der Waals surface area contributed by atoms with Gasteiger partial charge in [0.25, 0.3) is 11.8 Å². The summed E-state index contributed by atoms with van der Waals surface area (Å²) >= 11 is 7.17. The Hall–Kier alpha value is -6.04. The number of carbonyl (C=O) groups is 4. The molecule has 254 valence electrons. The Kier molecular flexibility index (Phi) is 9.73. The van der Waals surface area contributed by atoms with Gasteiger partial charge in [0.05, 0.1) is 10.9 Å². The van der Waals surface area contributed by atoms with Gasteiger partial charge >= 0.3 is 0 Å². The number of amides is 4. The third kappa shape index (κ3) is 7.90. The van der Waals surface area contributed by atoms with E-state index in [1.807, 2.05) is 0 Å². The van der Waals surface area contributed by atoms with Crippen molar-refractivity contribution in [3.8, 4) is 23.0 Å². The molecule has 2 aliphatic heterocycles. The zero-order valence-electron chi connectivity index (χ0n) is 26.7. The Bertz CT molecular complexity index is 2160. The minimum absolute atomic E-state index is 0.00225. The van der Waals surface area contributed by atoms with E-state index in [9.17, 15) is 19.2 Å². The van der Waals surface area contributed by atoms with Crippen LogP contribution in [0.4, 0.5) is 11.4 Å². The van der Waals surface area contributed by atoms with Gasteiger partial charge in [-0.05, 0) is 103 Å². The lowest BCUT2D eigenvalue weighted by Crippen LogP contribution is -2.31. The van der Waals surface area contributed by atoms with Crippen molar-refractivity contribution >= 4 is 64.4 Å². The third-order valence-electron chi connectivity index (χ3n) is 7.86. The number of ether oxygens (including phenoxy) is 3. The lowest BCUT2D eigenvalue weighted by atomic mass is 10.1. The van der Waals surface area contributed by atoms with Gasteiger partial charge in [-0.25, -0.2) is 4.90 Å². The number of hydrogen-bond donors (Lipinski definition) is 2. The molecule has 1 fully saturated rings. The maximum absolute atomic E-state index is 13.6. The number of nitrogens with one attached hydrogen (secondary N) is 2. The number of anilines is 2. The molecule has 7 rings (SSSR count). The molecule has 5 aromatic rings. The summed E-state index contributed by atoms with van der Waals surface area (Å²) in [4.78, 5) is 55.0. The lowest BCUT2D eigenvalue weighted by Gasteiger charge is -2.16. The number of thioether (sulfide) groups is 1. The minimum Gasteiger partial charge on any atom is -0.457 e. The van der Waals surface area contributed by atoms with E-state index in [-0.39, 0.29) is 30.7 Å². The van der Waals surface area contributed by atoms with E-state index < -0.39 is 17.1 Å². The van der Waals surface area contributed by atoms with Crippen LogP contribution in [0.15, 0.2) is 132 Å². The van der Waals surface area contributed by atoms with Gasteiger partial charge in [-0.3, -0.25) is 19.2 Å². The van der Waals surface area contributed by atoms with Crippen LogP contribution in [0.2, 0.25) is 5.02 Å². The van der Waals surface area contributed by atoms with Gasteiger partial charge in [-0.1, -0.05) is 41.9 Å². The van der Waals surface area contributed by atoms with Gasteiger partial charge in [-0.2, -0.15) is 0 Å². The normalized spacial score (nSPS) is 15.1. The highest BCUT2D eigenvalue weighted by Crippen LogP contribution is 2.36. The number of carbonyl (C=O) groups excluding carboxylic acids is 4. The second-order valence-corrected chi connectivity index (χ2v) is 13.1. The molecule has 4 amide bonds. The van der Waals surface area contributed by atoms with Gasteiger partial charge < -0.3 is 24.8 Å². The Balaban J connectivity index is 1.04. The molecule has 1 saturated heterocycles. The Morgan fingerprint density at radius 3 is 2.31 bits per heavy atom. The molecule has 2 aliphatic rings. The highest BCUT2D eigenvalue weighted by Gasteiger charge is 2.40. The molecule has 0 saturated carbocycles. The number of imide groups is 1. The second-order valence-electron chi connectivity index (χ2n) is 11.4. The smallest absolute Gasteiger partial charge is 0.272 e. The van der Waals surface area contributed by atoms with Crippen LogP contribution in [-0.4, -0.2) is 35.7 Å². The second kappa shape index (κ2) is 14.8. The predicted octanol–water partition coefficient (Wildman–Crippen LogP) is 7.69. The molecule has 12 heteroatoms. The molecule has 10 nitrogen and oxygen atoms in total. The maximum Gasteiger partial charge on any atom is 0.272 e. The fourth-order valence-electron chi connectivity index (χ4n) is 5.39. The Labute approximate surface area is 302 Å². The number of halogens is 1. The fraction of sp³-hybridized carbons (Fsp3) is 0.0769. The maximum atomic E-state index is 13.6. The van der Waals surface area contributed by atoms with Gasteiger partial charge in [0.1, 0.15) is 17.2 Å². The topological polar surface area (TPSA) is 123 Å². The van der Waals surface area contributed by atoms with Crippen molar-refractivity contribution in [3.05, 3.63) is 143 Å². The molecule has 2 heterocycles. The molecule has 2 N–H and O–H groups in total. The first-order chi connectivity index (χ1) is 24.8. The van der Waals surface area contributed by atoms with Crippen molar-refractivity contribution < 1.29 is 33.4 Å². The zero-order chi connectivity index (χ0) is 35.3. The molecule has 0 aliphatic carbocycles. The molecule has 5 aromatic carbocycles. The van der Waals surface area contributed by atoms with Crippen molar-refractivity contribution in [2.45, 2.75) is 16.6 Å². The number of benzene rings is 5. The van der Waals surface area contributed by atoms with Crippen molar-refractivity contribution in [2.24, 2.45) is 0 Å². The first kappa shape index (κ1) is 33.5. The van der Waals surface area contributed by atoms with E-state index in [1.165, 1.54) is 16.7 Å². The zero-order valence-corrected chi connectivity index (χ0v) is 28.3. The summed E-state index contributed by atoms with van der Waals surface area (Å²) in [5, 5.41) is 5.50. The van der Waals surface area contributed by atoms with Gasteiger partial charge in [0, 0.05) is 27.6 Å². The molecule has 51 heavy (non-hydrogen) atoms. The van der Waals surface area contributed by atoms with E-state index >= 15 is 0 Å². The van der Waals surface area contributed by atoms with E-state index in [1.54, 1.807) is 127 Å². The van der Waals surface area contributed by atoms with Crippen LogP contribution in [-0.2, 0) is 14.4 Å². The standard InChI is InChI=1S/C39H28ClN3O7S/c40-26-10-14-29(15-11-26)50-30-16-12-28(13-17-30)43-36(44)22-35(39(43)47)51-31-8-4-7-27(21-31)41-38(46)32(42-37(45)25-5-2-1-3-6-25)19-24-9-18-33-34(20-24)49-23-48-33/h1-21,35H,22-23H2,(H,41,46)(H,42,45). The summed E-state index contributed by atoms with van der Waals surface area (Å²) in [6, 6.07) is 34.3. The summed E-state index contributed by atoms with van der Waals surface area (Å²) in [5.41, 5.74) is 1.86. The van der Waals surface area contributed by atoms with E-state index in [0.29, 0.717) is 55.4 Å². The SMILES string of the molecule is O=C(Nc1cccc(SC2CC(=O)N(c3ccc(Oc4ccc(Cl)cc4)cc3)C2=O)c1)C(=Cc1ccc2c(c1)OCO2)NC(=O)c1ccccc1. The molecule has 1 unspecified atom stereocenters. The van der Waals surface area contributed by atoms with E-state index in [4.69, 9.17) is 25.8 Å². The molecule has 0 aromatic heterocycles. The number of hydrogen-bond acceptors (Lipinski definition) is 8. The van der Waals surface area contributed by atoms with Gasteiger partial charge in [-0.15, -0.1) is 11.8 Å². The van der Waals surface area contributed by atoms with Crippen LogP contribution < -0.4 is 29.7 Å². The molecule has 0 spiro atoms. The van der Waals surface area contributed by atoms with Crippen LogP contribution in [0.3, 0.4) is 0 Å². The number of rotatable bonds is 10. The average molecular weight is 718 g/mol. The summed E-state index contributed by atoms with van der Waals surface area (Å²) in [5.74, 6) is 0.568. The van der Waals surface area contributed by atoms with Crippen LogP contribution in [0, 0.1) is 0 Å². The largest absolute Gasteiger partial charge is 0.457 e. The first-order valence-electron chi connectivity index (χ1n) is 15.8. The summed E-state index contributed by atoms with van der Waals surface area (Å²) in [6.07, 6.45) is 1.56. The minimum atomic E-state index is -0.667. The highest BCUT2D eigenvalue weighted by molar-refractivity contribution is 8.00. The summed E-state index contributed by atoms with van der Waals surface area (Å²) in [7, 11) is 0. The van der Waals surface area contributed by atoms with E-state index in [0.717, 1.165) is 0 Å². The first-order valence-corrected chi connectivity index (χ1v) is 17.0. The average Bonchev–Trinajstić information content (AvgIpc) is 3.72. The number of nitrogens with zero attached hydrogens (tertiary/aromatic N) is 1. The summed E-state index contributed by atoms with van der Waals surface area (Å²) in [6.45, 7) is 0.0992. The van der Waals surface area contributed by atoms with Crippen molar-refractivity contribution in [1.82, 2.24) is 5.32 Å². The fourth-order valence-corrected chi connectivity index (χ4v) is 6.63.